The molecule has 0 bridgehead atoms. The monoisotopic (exact) mass is 290 g/mol. The van der Waals surface area contributed by atoms with Crippen LogP contribution in [0.15, 0.2) is 18.2 Å². The third kappa shape index (κ3) is 3.56. The SMILES string of the molecule is CCNC1(C(N)=O)CCCC(Oc2ccc(C)c(C)c2)C1. The summed E-state index contributed by atoms with van der Waals surface area (Å²) in [5.74, 6) is 0.609. The molecule has 2 atom stereocenters. The topological polar surface area (TPSA) is 64.3 Å². The van der Waals surface area contributed by atoms with E-state index in [4.69, 9.17) is 10.5 Å². The van der Waals surface area contributed by atoms with E-state index in [1.54, 1.807) is 0 Å². The number of aryl methyl sites for hydroxylation is 2. The van der Waals surface area contributed by atoms with Crippen molar-refractivity contribution in [1.82, 2.24) is 5.32 Å². The number of carbonyl (C=O) groups is 1. The maximum absolute atomic E-state index is 11.9. The predicted octanol–water partition coefficient (Wildman–Crippen LogP) is 2.46. The Morgan fingerprint density at radius 3 is 2.81 bits per heavy atom. The highest BCUT2D eigenvalue weighted by atomic mass is 16.5. The van der Waals surface area contributed by atoms with Crippen LogP contribution in [0.25, 0.3) is 0 Å². The van der Waals surface area contributed by atoms with E-state index >= 15 is 0 Å². The number of ether oxygens (including phenoxy) is 1. The summed E-state index contributed by atoms with van der Waals surface area (Å²) < 4.78 is 6.10. The fourth-order valence-corrected chi connectivity index (χ4v) is 3.11. The van der Waals surface area contributed by atoms with Crippen LogP contribution in [0.5, 0.6) is 5.75 Å². The van der Waals surface area contributed by atoms with Crippen LogP contribution in [-0.4, -0.2) is 24.1 Å². The second-order valence-corrected chi connectivity index (χ2v) is 6.06. The first kappa shape index (κ1) is 15.8. The van der Waals surface area contributed by atoms with Crippen molar-refractivity contribution in [2.75, 3.05) is 6.54 Å². The van der Waals surface area contributed by atoms with Crippen molar-refractivity contribution in [1.29, 1.82) is 0 Å². The van der Waals surface area contributed by atoms with Crippen LogP contribution in [0.1, 0.15) is 43.7 Å². The highest BCUT2D eigenvalue weighted by molar-refractivity contribution is 5.84. The molecule has 4 heteroatoms. The maximum atomic E-state index is 11.9. The lowest BCUT2D eigenvalue weighted by Crippen LogP contribution is -2.59. The van der Waals surface area contributed by atoms with E-state index in [1.807, 2.05) is 13.0 Å². The summed E-state index contributed by atoms with van der Waals surface area (Å²) in [5.41, 5.74) is 7.49. The normalized spacial score (nSPS) is 25.6. The molecular formula is C17H26N2O2. The van der Waals surface area contributed by atoms with Gasteiger partial charge in [0, 0.05) is 6.42 Å². The van der Waals surface area contributed by atoms with Crippen LogP contribution in [0.2, 0.25) is 0 Å². The van der Waals surface area contributed by atoms with Gasteiger partial charge < -0.3 is 15.8 Å². The first-order valence-electron chi connectivity index (χ1n) is 7.75. The second kappa shape index (κ2) is 6.48. The Morgan fingerprint density at radius 1 is 1.43 bits per heavy atom. The van der Waals surface area contributed by atoms with Gasteiger partial charge in [-0.05, 0) is 62.9 Å². The minimum Gasteiger partial charge on any atom is -0.490 e. The zero-order valence-corrected chi connectivity index (χ0v) is 13.2. The average molecular weight is 290 g/mol. The first-order valence-corrected chi connectivity index (χ1v) is 7.75. The summed E-state index contributed by atoms with van der Waals surface area (Å²) in [6.07, 6.45) is 3.39. The van der Waals surface area contributed by atoms with Crippen molar-refractivity contribution in [3.63, 3.8) is 0 Å². The third-order valence-corrected chi connectivity index (χ3v) is 4.47. The molecule has 1 aliphatic rings. The molecule has 0 spiro atoms. The number of benzene rings is 1. The molecule has 0 saturated heterocycles. The lowest BCUT2D eigenvalue weighted by atomic mass is 9.79. The number of amides is 1. The minimum absolute atomic E-state index is 0.0346. The number of hydrogen-bond acceptors (Lipinski definition) is 3. The Hall–Kier alpha value is -1.55. The van der Waals surface area contributed by atoms with E-state index in [1.165, 1.54) is 11.1 Å². The lowest BCUT2D eigenvalue weighted by molar-refractivity contribution is -0.127. The van der Waals surface area contributed by atoms with Crippen LogP contribution >= 0.6 is 0 Å². The summed E-state index contributed by atoms with van der Waals surface area (Å²) in [5, 5.41) is 3.28. The number of hydrogen-bond donors (Lipinski definition) is 2. The van der Waals surface area contributed by atoms with E-state index in [0.29, 0.717) is 6.42 Å². The van der Waals surface area contributed by atoms with Gasteiger partial charge in [0.2, 0.25) is 5.91 Å². The minimum atomic E-state index is -0.614. The Labute approximate surface area is 127 Å². The molecule has 0 aliphatic heterocycles. The van der Waals surface area contributed by atoms with Crippen LogP contribution in [0.3, 0.4) is 0 Å². The summed E-state index contributed by atoms with van der Waals surface area (Å²) in [6.45, 7) is 6.90. The summed E-state index contributed by atoms with van der Waals surface area (Å²) >= 11 is 0. The van der Waals surface area contributed by atoms with Gasteiger partial charge in [-0.2, -0.15) is 0 Å². The quantitative estimate of drug-likeness (QED) is 0.875. The second-order valence-electron chi connectivity index (χ2n) is 6.06. The number of nitrogens with one attached hydrogen (secondary N) is 1. The number of primary amides is 1. The molecular weight excluding hydrogens is 264 g/mol. The van der Waals surface area contributed by atoms with Crippen molar-refractivity contribution in [3.8, 4) is 5.75 Å². The number of likely N-dealkylation sites (N-methyl/N-ethyl adjacent to an activating group) is 1. The van der Waals surface area contributed by atoms with E-state index in [9.17, 15) is 4.79 Å². The highest BCUT2D eigenvalue weighted by Gasteiger charge is 2.41. The fraction of sp³-hybridized carbons (Fsp3) is 0.588. The van der Waals surface area contributed by atoms with Crippen molar-refractivity contribution < 1.29 is 9.53 Å². The molecule has 2 rings (SSSR count). The molecule has 116 valence electrons. The molecule has 2 unspecified atom stereocenters. The molecule has 21 heavy (non-hydrogen) atoms. The molecule has 0 aromatic heterocycles. The van der Waals surface area contributed by atoms with Crippen LogP contribution in [-0.2, 0) is 4.79 Å². The number of nitrogens with two attached hydrogens (primary N) is 1. The highest BCUT2D eigenvalue weighted by Crippen LogP contribution is 2.31. The van der Waals surface area contributed by atoms with Crippen LogP contribution < -0.4 is 15.8 Å². The Kier molecular flexibility index (Phi) is 4.88. The van der Waals surface area contributed by atoms with E-state index in [0.717, 1.165) is 31.6 Å². The molecule has 3 N–H and O–H groups in total. The van der Waals surface area contributed by atoms with Crippen LogP contribution in [0.4, 0.5) is 0 Å². The molecule has 1 aromatic carbocycles. The van der Waals surface area contributed by atoms with Gasteiger partial charge in [0.05, 0.1) is 0 Å². The molecule has 1 amide bonds. The van der Waals surface area contributed by atoms with E-state index < -0.39 is 5.54 Å². The average Bonchev–Trinajstić information content (AvgIpc) is 2.43. The van der Waals surface area contributed by atoms with Gasteiger partial charge in [-0.1, -0.05) is 13.0 Å². The Bertz CT molecular complexity index is 512. The van der Waals surface area contributed by atoms with Crippen molar-refractivity contribution in [2.45, 2.75) is 58.1 Å². The summed E-state index contributed by atoms with van der Waals surface area (Å²) in [6, 6.07) is 6.12. The van der Waals surface area contributed by atoms with Gasteiger partial charge in [-0.25, -0.2) is 0 Å². The lowest BCUT2D eigenvalue weighted by Gasteiger charge is -2.39. The molecule has 1 aromatic rings. The van der Waals surface area contributed by atoms with E-state index in [-0.39, 0.29) is 12.0 Å². The molecule has 0 radical (unpaired) electrons. The van der Waals surface area contributed by atoms with E-state index in [2.05, 4.69) is 31.3 Å². The van der Waals surface area contributed by atoms with Gasteiger partial charge >= 0.3 is 0 Å². The predicted molar refractivity (Wildman–Crippen MR) is 84.4 cm³/mol. The molecule has 0 heterocycles. The molecule has 1 fully saturated rings. The van der Waals surface area contributed by atoms with Crippen molar-refractivity contribution >= 4 is 5.91 Å². The van der Waals surface area contributed by atoms with Crippen LogP contribution in [0, 0.1) is 13.8 Å². The largest absolute Gasteiger partial charge is 0.490 e. The summed E-state index contributed by atoms with van der Waals surface area (Å²) in [4.78, 5) is 11.9. The van der Waals surface area contributed by atoms with Gasteiger partial charge in [-0.15, -0.1) is 0 Å². The van der Waals surface area contributed by atoms with Crippen molar-refractivity contribution in [2.24, 2.45) is 5.73 Å². The zero-order valence-electron chi connectivity index (χ0n) is 13.2. The first-order chi connectivity index (χ1) is 9.97. The Balaban J connectivity index is 2.09. The zero-order chi connectivity index (χ0) is 15.5. The molecule has 4 nitrogen and oxygen atoms in total. The third-order valence-electron chi connectivity index (χ3n) is 4.47. The Morgan fingerprint density at radius 2 is 2.19 bits per heavy atom. The number of rotatable bonds is 5. The maximum Gasteiger partial charge on any atom is 0.237 e. The van der Waals surface area contributed by atoms with Crippen molar-refractivity contribution in [3.05, 3.63) is 29.3 Å². The van der Waals surface area contributed by atoms with Gasteiger partial charge in [-0.3, -0.25) is 4.79 Å². The number of carbonyl (C=O) groups excluding carboxylic acids is 1. The molecule has 1 aliphatic carbocycles. The summed E-state index contributed by atoms with van der Waals surface area (Å²) in [7, 11) is 0. The molecule has 1 saturated carbocycles. The smallest absolute Gasteiger partial charge is 0.237 e. The van der Waals surface area contributed by atoms with Gasteiger partial charge in [0.1, 0.15) is 17.4 Å². The van der Waals surface area contributed by atoms with Gasteiger partial charge in [0.15, 0.2) is 0 Å². The fourth-order valence-electron chi connectivity index (χ4n) is 3.11. The van der Waals surface area contributed by atoms with Gasteiger partial charge in [0.25, 0.3) is 0 Å². The standard InChI is InChI=1S/C17H26N2O2/c1-4-19-17(16(18)20)9-5-6-15(11-17)21-14-8-7-12(2)13(3)10-14/h7-8,10,15,19H,4-6,9,11H2,1-3H3,(H2,18,20).